The smallest absolute Gasteiger partial charge is 0.318 e. The fourth-order valence-electron chi connectivity index (χ4n) is 3.24. The molecular weight excluding hydrogens is 376 g/mol. The van der Waals surface area contributed by atoms with Gasteiger partial charge in [-0.1, -0.05) is 35.5 Å². The summed E-state index contributed by atoms with van der Waals surface area (Å²) in [5.41, 5.74) is 3.17. The van der Waals surface area contributed by atoms with Crippen LogP contribution in [0.4, 0.5) is 13.6 Å². The Morgan fingerprint density at radius 3 is 2.72 bits per heavy atom. The van der Waals surface area contributed by atoms with E-state index in [1.54, 1.807) is 0 Å². The summed E-state index contributed by atoms with van der Waals surface area (Å²) >= 11 is 0. The molecule has 7 heteroatoms. The van der Waals surface area contributed by atoms with Gasteiger partial charge in [0.05, 0.1) is 18.8 Å². The third-order valence-electron chi connectivity index (χ3n) is 4.69. The molecule has 0 saturated carbocycles. The molecule has 0 unspecified atom stereocenters. The minimum Gasteiger partial charge on any atom is -0.390 e. The summed E-state index contributed by atoms with van der Waals surface area (Å²) in [4.78, 5) is 19.7. The summed E-state index contributed by atoms with van der Waals surface area (Å²) in [5, 5.41) is 7.01. The lowest BCUT2D eigenvalue weighted by atomic mass is 10.0. The zero-order valence-corrected chi connectivity index (χ0v) is 16.8. The van der Waals surface area contributed by atoms with Crippen molar-refractivity contribution in [2.45, 2.75) is 45.9 Å². The number of urea groups is 1. The standard InChI is InChI=1S/C22H25F2N3O2/c1-14(2)25-22(28)27(12-16-8-9-17(23)10-20(16)24)13-18-11-21(26-29-18)19-7-5-4-6-15(19)3/h4-10,14,18H,11-13H2,1-3H3,(H,25,28)/t18-/m1/s1. The van der Waals surface area contributed by atoms with Crippen LogP contribution in [0.2, 0.25) is 0 Å². The van der Waals surface area contributed by atoms with Gasteiger partial charge in [-0.2, -0.15) is 0 Å². The number of nitrogens with zero attached hydrogens (tertiary/aromatic N) is 2. The number of carbonyl (C=O) groups excluding carboxylic acids is 1. The molecule has 154 valence electrons. The van der Waals surface area contributed by atoms with Gasteiger partial charge in [0.25, 0.3) is 0 Å². The van der Waals surface area contributed by atoms with Gasteiger partial charge in [-0.05, 0) is 32.4 Å². The first-order valence-corrected chi connectivity index (χ1v) is 9.61. The molecule has 2 amide bonds. The minimum atomic E-state index is -0.684. The molecule has 1 aliphatic rings. The quantitative estimate of drug-likeness (QED) is 0.781. The summed E-state index contributed by atoms with van der Waals surface area (Å²) in [7, 11) is 0. The molecule has 2 aromatic rings. The second-order valence-corrected chi connectivity index (χ2v) is 7.50. The monoisotopic (exact) mass is 401 g/mol. The van der Waals surface area contributed by atoms with E-state index in [1.165, 1.54) is 17.0 Å². The summed E-state index contributed by atoms with van der Waals surface area (Å²) in [6.07, 6.45) is 0.202. The number of oxime groups is 1. The Balaban J connectivity index is 1.72. The van der Waals surface area contributed by atoms with Gasteiger partial charge in [-0.25, -0.2) is 13.6 Å². The van der Waals surface area contributed by atoms with Crippen LogP contribution in [0.15, 0.2) is 47.6 Å². The Morgan fingerprint density at radius 1 is 1.28 bits per heavy atom. The Labute approximate surface area is 169 Å². The van der Waals surface area contributed by atoms with E-state index in [-0.39, 0.29) is 36.8 Å². The molecule has 29 heavy (non-hydrogen) atoms. The summed E-state index contributed by atoms with van der Waals surface area (Å²) in [5.74, 6) is -1.34. The van der Waals surface area contributed by atoms with Crippen molar-refractivity contribution in [2.75, 3.05) is 6.54 Å². The molecular formula is C22H25F2N3O2. The molecule has 0 spiro atoms. The lowest BCUT2D eigenvalue weighted by Crippen LogP contribution is -2.45. The minimum absolute atomic E-state index is 0.00419. The van der Waals surface area contributed by atoms with E-state index >= 15 is 0 Å². The molecule has 0 saturated heterocycles. The number of hydrogen-bond acceptors (Lipinski definition) is 3. The number of nitrogens with one attached hydrogen (secondary N) is 1. The van der Waals surface area contributed by atoms with E-state index in [0.29, 0.717) is 6.42 Å². The van der Waals surface area contributed by atoms with Gasteiger partial charge in [0.1, 0.15) is 11.6 Å². The van der Waals surface area contributed by atoms with Crippen LogP contribution in [0.25, 0.3) is 0 Å². The van der Waals surface area contributed by atoms with E-state index in [9.17, 15) is 13.6 Å². The van der Waals surface area contributed by atoms with Crippen molar-refractivity contribution in [3.63, 3.8) is 0 Å². The lowest BCUT2D eigenvalue weighted by molar-refractivity contribution is 0.0584. The number of halogens is 2. The molecule has 1 heterocycles. The van der Waals surface area contributed by atoms with Crippen molar-refractivity contribution < 1.29 is 18.4 Å². The zero-order valence-electron chi connectivity index (χ0n) is 16.8. The third kappa shape index (κ3) is 5.31. The summed E-state index contributed by atoms with van der Waals surface area (Å²) in [6.45, 7) is 5.93. The number of rotatable bonds is 6. The largest absolute Gasteiger partial charge is 0.390 e. The molecule has 0 aliphatic carbocycles. The maximum Gasteiger partial charge on any atom is 0.318 e. The highest BCUT2D eigenvalue weighted by Gasteiger charge is 2.28. The summed E-state index contributed by atoms with van der Waals surface area (Å²) in [6, 6.07) is 10.8. The first kappa shape index (κ1) is 20.8. The Bertz CT molecular complexity index is 915. The summed E-state index contributed by atoms with van der Waals surface area (Å²) < 4.78 is 27.3. The predicted molar refractivity (Wildman–Crippen MR) is 108 cm³/mol. The van der Waals surface area contributed by atoms with Crippen LogP contribution in [0.5, 0.6) is 0 Å². The first-order chi connectivity index (χ1) is 13.8. The van der Waals surface area contributed by atoms with Gasteiger partial charge in [0.2, 0.25) is 0 Å². The van der Waals surface area contributed by atoms with Crippen LogP contribution in [0.1, 0.15) is 37.0 Å². The van der Waals surface area contributed by atoms with Crippen molar-refractivity contribution in [2.24, 2.45) is 5.16 Å². The van der Waals surface area contributed by atoms with Gasteiger partial charge in [0, 0.05) is 29.7 Å². The molecule has 2 aromatic carbocycles. The zero-order chi connectivity index (χ0) is 21.0. The average Bonchev–Trinajstić information content (AvgIpc) is 3.11. The predicted octanol–water partition coefficient (Wildman–Crippen LogP) is 4.39. The fraction of sp³-hybridized carbons (Fsp3) is 0.364. The second kappa shape index (κ2) is 9.03. The highest BCUT2D eigenvalue weighted by Crippen LogP contribution is 2.21. The van der Waals surface area contributed by atoms with Crippen molar-refractivity contribution in [1.29, 1.82) is 0 Å². The number of carbonyl (C=O) groups is 1. The molecule has 3 rings (SSSR count). The fourth-order valence-corrected chi connectivity index (χ4v) is 3.24. The van der Waals surface area contributed by atoms with Crippen LogP contribution in [-0.4, -0.2) is 35.3 Å². The molecule has 1 N–H and O–H groups in total. The Kier molecular flexibility index (Phi) is 6.46. The van der Waals surface area contributed by atoms with Crippen LogP contribution < -0.4 is 5.32 Å². The van der Waals surface area contributed by atoms with E-state index in [2.05, 4.69) is 10.5 Å². The highest BCUT2D eigenvalue weighted by atomic mass is 19.1. The lowest BCUT2D eigenvalue weighted by Gasteiger charge is -2.26. The topological polar surface area (TPSA) is 53.9 Å². The first-order valence-electron chi connectivity index (χ1n) is 9.61. The second-order valence-electron chi connectivity index (χ2n) is 7.50. The Morgan fingerprint density at radius 2 is 2.03 bits per heavy atom. The van der Waals surface area contributed by atoms with Gasteiger partial charge in [-0.3, -0.25) is 0 Å². The van der Waals surface area contributed by atoms with E-state index in [1.807, 2.05) is 45.0 Å². The van der Waals surface area contributed by atoms with Crippen molar-refractivity contribution in [3.05, 3.63) is 70.8 Å². The SMILES string of the molecule is Cc1ccccc1C1=NO[C@@H](CN(Cc2ccc(F)cc2F)C(=O)NC(C)C)C1. The number of amides is 2. The molecule has 0 radical (unpaired) electrons. The molecule has 0 aromatic heterocycles. The van der Waals surface area contributed by atoms with E-state index in [0.717, 1.165) is 22.9 Å². The van der Waals surface area contributed by atoms with Crippen molar-refractivity contribution in [1.82, 2.24) is 10.2 Å². The third-order valence-corrected chi connectivity index (χ3v) is 4.69. The van der Waals surface area contributed by atoms with Gasteiger partial charge < -0.3 is 15.1 Å². The van der Waals surface area contributed by atoms with E-state index < -0.39 is 11.6 Å². The van der Waals surface area contributed by atoms with Crippen molar-refractivity contribution >= 4 is 11.7 Å². The van der Waals surface area contributed by atoms with Gasteiger partial charge in [-0.15, -0.1) is 0 Å². The average molecular weight is 401 g/mol. The molecule has 5 nitrogen and oxygen atoms in total. The van der Waals surface area contributed by atoms with Gasteiger partial charge in [0.15, 0.2) is 6.10 Å². The number of aryl methyl sites for hydroxylation is 1. The molecule has 1 atom stereocenters. The van der Waals surface area contributed by atoms with E-state index in [4.69, 9.17) is 4.84 Å². The maximum atomic E-state index is 14.1. The highest BCUT2D eigenvalue weighted by molar-refractivity contribution is 6.02. The molecule has 0 bridgehead atoms. The van der Waals surface area contributed by atoms with Crippen LogP contribution in [0, 0.1) is 18.6 Å². The Hall–Kier alpha value is -2.96. The van der Waals surface area contributed by atoms with Crippen LogP contribution >= 0.6 is 0 Å². The number of benzene rings is 2. The number of hydrogen-bond donors (Lipinski definition) is 1. The van der Waals surface area contributed by atoms with Crippen LogP contribution in [0.3, 0.4) is 0 Å². The van der Waals surface area contributed by atoms with Crippen LogP contribution in [-0.2, 0) is 11.4 Å². The molecule has 0 fully saturated rings. The molecule has 1 aliphatic heterocycles. The maximum absolute atomic E-state index is 14.1. The normalized spacial score (nSPS) is 15.8. The van der Waals surface area contributed by atoms with Crippen molar-refractivity contribution in [3.8, 4) is 0 Å². The van der Waals surface area contributed by atoms with Gasteiger partial charge >= 0.3 is 6.03 Å².